The summed E-state index contributed by atoms with van der Waals surface area (Å²) in [5.41, 5.74) is 0. The van der Waals surface area contributed by atoms with Crippen molar-refractivity contribution in [2.75, 3.05) is 0 Å². The molecule has 0 atom stereocenters. The van der Waals surface area contributed by atoms with Crippen molar-refractivity contribution in [1.29, 1.82) is 0 Å². The Hall–Kier alpha value is -0.790. The van der Waals surface area contributed by atoms with E-state index in [4.69, 9.17) is 0 Å². The summed E-state index contributed by atoms with van der Waals surface area (Å²) in [5, 5.41) is 0. The Morgan fingerprint density at radius 2 is 0.721 bits per heavy atom. The summed E-state index contributed by atoms with van der Waals surface area (Å²) >= 11 is 0. The van der Waals surface area contributed by atoms with E-state index in [1.807, 2.05) is 0 Å². The summed E-state index contributed by atoms with van der Waals surface area (Å²) in [5.74, 6) is 1.60. The van der Waals surface area contributed by atoms with E-state index < -0.39 is 0 Å². The molecule has 2 heteroatoms. The molecule has 0 saturated heterocycles. The summed E-state index contributed by atoms with van der Waals surface area (Å²) in [6, 6.07) is 0. The molecule has 0 aliphatic carbocycles. The van der Waals surface area contributed by atoms with Gasteiger partial charge in [-0.05, 0) is 25.7 Å². The fraction of sp³-hybridized carbons (Fsp3) is 0.927. The van der Waals surface area contributed by atoms with Gasteiger partial charge < -0.3 is 0 Å². The van der Waals surface area contributed by atoms with Crippen LogP contribution in [0.5, 0.6) is 0 Å². The first-order chi connectivity index (χ1) is 21.3. The number of hydrogen-bond donors (Lipinski definition) is 0. The molecule has 0 fully saturated rings. The second-order valence-corrected chi connectivity index (χ2v) is 14.1. The summed E-state index contributed by atoms with van der Waals surface area (Å²) in [7, 11) is 0. The van der Waals surface area contributed by atoms with Crippen LogP contribution < -0.4 is 4.57 Å². The van der Waals surface area contributed by atoms with Crippen molar-refractivity contribution in [3.05, 3.63) is 18.2 Å². The molecule has 0 aliphatic heterocycles. The van der Waals surface area contributed by atoms with Crippen LogP contribution in [0.2, 0.25) is 0 Å². The number of rotatable bonds is 35. The van der Waals surface area contributed by atoms with Crippen LogP contribution in [0.4, 0.5) is 0 Å². The predicted octanol–water partition coefficient (Wildman–Crippen LogP) is 13.9. The van der Waals surface area contributed by atoms with Gasteiger partial charge in [0, 0.05) is 6.42 Å². The zero-order valence-electron chi connectivity index (χ0n) is 30.3. The average molecular weight is 602 g/mol. The first-order valence-corrected chi connectivity index (χ1v) is 20.4. The van der Waals surface area contributed by atoms with E-state index in [0.29, 0.717) is 0 Å². The Balaban J connectivity index is 2.06. The maximum atomic E-state index is 2.61. The van der Waals surface area contributed by atoms with Crippen LogP contribution in [0.1, 0.15) is 232 Å². The van der Waals surface area contributed by atoms with E-state index in [1.54, 1.807) is 5.82 Å². The molecule has 254 valence electrons. The Bertz CT molecular complexity index is 663. The van der Waals surface area contributed by atoms with Crippen LogP contribution in [0, 0.1) is 0 Å². The van der Waals surface area contributed by atoms with Crippen molar-refractivity contribution < 1.29 is 4.57 Å². The van der Waals surface area contributed by atoms with Gasteiger partial charge in [0.05, 0.1) is 13.1 Å². The maximum absolute atomic E-state index is 2.61. The van der Waals surface area contributed by atoms with Crippen LogP contribution in [-0.2, 0) is 19.5 Å². The lowest BCUT2D eigenvalue weighted by atomic mass is 10.0. The highest BCUT2D eigenvalue weighted by atomic mass is 15.1. The van der Waals surface area contributed by atoms with Crippen LogP contribution >= 0.6 is 0 Å². The normalized spacial score (nSPS) is 11.6. The van der Waals surface area contributed by atoms with Gasteiger partial charge in [-0.2, -0.15) is 0 Å². The van der Waals surface area contributed by atoms with E-state index in [0.717, 1.165) is 0 Å². The molecule has 1 aromatic rings. The van der Waals surface area contributed by atoms with Crippen molar-refractivity contribution in [3.8, 4) is 0 Å². The molecule has 0 spiro atoms. The minimum atomic E-state index is 1.20. The van der Waals surface area contributed by atoms with Gasteiger partial charge in [0.15, 0.2) is 0 Å². The highest BCUT2D eigenvalue weighted by Gasteiger charge is 2.16. The number of nitrogens with zero attached hydrogens (tertiary/aromatic N) is 2. The van der Waals surface area contributed by atoms with E-state index in [9.17, 15) is 0 Å². The summed E-state index contributed by atoms with van der Waals surface area (Å²) in [6.45, 7) is 9.37. The fourth-order valence-corrected chi connectivity index (χ4v) is 6.83. The lowest BCUT2D eigenvalue weighted by Crippen LogP contribution is -2.37. The van der Waals surface area contributed by atoms with E-state index in [-0.39, 0.29) is 0 Å². The van der Waals surface area contributed by atoms with Crippen LogP contribution in [0.15, 0.2) is 12.4 Å². The second kappa shape index (κ2) is 32.6. The number of imidazole rings is 1. The largest absolute Gasteiger partial charge is 0.256 e. The SMILES string of the molecule is CCCCCCCCCCCCCCCCCC[n+]1ccn(CCCC)c1CCCCCCCCCCCCCCCC. The molecule has 0 radical (unpaired) electrons. The molecule has 0 N–H and O–H groups in total. The van der Waals surface area contributed by atoms with Crippen LogP contribution in [-0.4, -0.2) is 4.57 Å². The molecule has 0 aliphatic rings. The molecular weight excluding hydrogens is 520 g/mol. The quantitative estimate of drug-likeness (QED) is 0.0540. The molecule has 1 heterocycles. The Morgan fingerprint density at radius 1 is 0.395 bits per heavy atom. The number of unbranched alkanes of at least 4 members (excludes halogenated alkanes) is 29. The number of aromatic nitrogens is 2. The molecule has 0 unspecified atom stereocenters. The van der Waals surface area contributed by atoms with E-state index in [1.165, 1.54) is 225 Å². The van der Waals surface area contributed by atoms with Gasteiger partial charge in [-0.15, -0.1) is 0 Å². The maximum Gasteiger partial charge on any atom is 0.256 e. The minimum absolute atomic E-state index is 1.20. The van der Waals surface area contributed by atoms with Crippen molar-refractivity contribution in [2.24, 2.45) is 0 Å². The second-order valence-electron chi connectivity index (χ2n) is 14.1. The smallest absolute Gasteiger partial charge is 0.234 e. The molecule has 1 aromatic heterocycles. The van der Waals surface area contributed by atoms with E-state index in [2.05, 4.69) is 42.3 Å². The molecule has 0 saturated carbocycles. The Kier molecular flexibility index (Phi) is 30.5. The standard InChI is InChI=1S/C41H81N2/c1-4-7-10-12-14-16-18-20-22-23-25-27-29-31-33-35-38-43-40-39-42(37-9-6-3)41(43)36-34-32-30-28-26-24-21-19-17-15-13-11-8-5-2/h39-40H,4-38H2,1-3H3/q+1. The molecular formula is C41H81N2+. The van der Waals surface area contributed by atoms with Gasteiger partial charge in [-0.25, -0.2) is 9.13 Å². The minimum Gasteiger partial charge on any atom is -0.234 e. The van der Waals surface area contributed by atoms with Crippen molar-refractivity contribution in [3.63, 3.8) is 0 Å². The molecule has 0 amide bonds. The van der Waals surface area contributed by atoms with Gasteiger partial charge in [-0.1, -0.05) is 201 Å². The Labute approximate surface area is 272 Å². The highest BCUT2D eigenvalue weighted by molar-refractivity contribution is 4.84. The van der Waals surface area contributed by atoms with Gasteiger partial charge in [0.1, 0.15) is 12.4 Å². The first kappa shape index (κ1) is 40.2. The predicted molar refractivity (Wildman–Crippen MR) is 193 cm³/mol. The van der Waals surface area contributed by atoms with E-state index >= 15 is 0 Å². The number of hydrogen-bond acceptors (Lipinski definition) is 0. The van der Waals surface area contributed by atoms with Crippen molar-refractivity contribution >= 4 is 0 Å². The molecule has 0 bridgehead atoms. The topological polar surface area (TPSA) is 8.81 Å². The third-order valence-corrected chi connectivity index (χ3v) is 9.85. The zero-order chi connectivity index (χ0) is 30.9. The third-order valence-electron chi connectivity index (χ3n) is 9.85. The number of aryl methyl sites for hydroxylation is 2. The third kappa shape index (κ3) is 25.1. The average Bonchev–Trinajstić information content (AvgIpc) is 3.40. The monoisotopic (exact) mass is 602 g/mol. The molecule has 1 rings (SSSR count). The summed E-state index contributed by atoms with van der Waals surface area (Å²) in [4.78, 5) is 0. The van der Waals surface area contributed by atoms with Crippen molar-refractivity contribution in [2.45, 2.75) is 246 Å². The lowest BCUT2D eigenvalue weighted by molar-refractivity contribution is -0.704. The van der Waals surface area contributed by atoms with Gasteiger partial charge >= 0.3 is 0 Å². The highest BCUT2D eigenvalue weighted by Crippen LogP contribution is 2.16. The first-order valence-electron chi connectivity index (χ1n) is 20.4. The summed E-state index contributed by atoms with van der Waals surface area (Å²) < 4.78 is 5.19. The fourth-order valence-electron chi connectivity index (χ4n) is 6.83. The lowest BCUT2D eigenvalue weighted by Gasteiger charge is -2.07. The van der Waals surface area contributed by atoms with Crippen LogP contribution in [0.3, 0.4) is 0 Å². The van der Waals surface area contributed by atoms with Crippen molar-refractivity contribution in [1.82, 2.24) is 4.57 Å². The van der Waals surface area contributed by atoms with Gasteiger partial charge in [0.2, 0.25) is 0 Å². The Morgan fingerprint density at radius 3 is 1.09 bits per heavy atom. The van der Waals surface area contributed by atoms with Gasteiger partial charge in [0.25, 0.3) is 5.82 Å². The molecule has 0 aromatic carbocycles. The summed E-state index contributed by atoms with van der Waals surface area (Å²) in [6.07, 6.45) is 52.0. The zero-order valence-corrected chi connectivity index (χ0v) is 30.3. The van der Waals surface area contributed by atoms with Gasteiger partial charge in [-0.3, -0.25) is 0 Å². The van der Waals surface area contributed by atoms with Crippen LogP contribution in [0.25, 0.3) is 0 Å². The molecule has 43 heavy (non-hydrogen) atoms. The molecule has 2 nitrogen and oxygen atoms in total.